The summed E-state index contributed by atoms with van der Waals surface area (Å²) in [7, 11) is -14.0. The van der Waals surface area contributed by atoms with E-state index in [2.05, 4.69) is 67.2 Å². The number of H-pyrrole nitrogens is 2. The molecule has 0 aliphatic heterocycles. The van der Waals surface area contributed by atoms with E-state index in [-0.39, 0.29) is 78.9 Å². The first kappa shape index (κ1) is 88.4. The van der Waals surface area contributed by atoms with Crippen LogP contribution in [0, 0.1) is 41.5 Å². The fourth-order valence-corrected chi connectivity index (χ4v) is 15.6. The topological polar surface area (TPSA) is 628 Å². The summed E-state index contributed by atoms with van der Waals surface area (Å²) in [6.45, 7) is 8.96. The van der Waals surface area contributed by atoms with Crippen LogP contribution in [0.3, 0.4) is 0 Å². The van der Waals surface area contributed by atoms with Crippen LogP contribution in [0.1, 0.15) is 90.9 Å². The number of pyridine rings is 2. The number of benzene rings is 4. The summed E-state index contributed by atoms with van der Waals surface area (Å²) in [6, 6.07) is 7.53. The van der Waals surface area contributed by atoms with E-state index in [0.717, 1.165) is 22.3 Å². The van der Waals surface area contributed by atoms with Crippen LogP contribution in [0.25, 0.3) is 21.8 Å². The molecule has 1 unspecified atom stereocenters. The second-order valence-electron chi connectivity index (χ2n) is 26.1. The molecule has 8 rings (SSSR count). The van der Waals surface area contributed by atoms with Gasteiger partial charge in [-0.2, -0.15) is 13.1 Å². The number of nitrogens with two attached hydrogens (primary N) is 2. The maximum atomic E-state index is 14.0. The zero-order valence-corrected chi connectivity index (χ0v) is 64.6. The van der Waals surface area contributed by atoms with Gasteiger partial charge in [0.2, 0.25) is 44.5 Å². The maximum absolute atomic E-state index is 14.0. The Morgan fingerprint density at radius 1 is 0.580 bits per heavy atom. The Hall–Kier alpha value is -10.8. The van der Waals surface area contributed by atoms with Crippen LogP contribution in [-0.4, -0.2) is 198 Å². The molecular formula is C69H88N17O22S4-. The van der Waals surface area contributed by atoms with E-state index >= 15 is 0 Å². The first-order valence-electron chi connectivity index (χ1n) is 34.3. The Balaban J connectivity index is 0.00000132. The largest absolute Gasteiger partial charge is 0.768 e. The van der Waals surface area contributed by atoms with Gasteiger partial charge in [-0.15, -0.1) is 0 Å². The quantitative estimate of drug-likeness (QED) is 0.0146. The molecule has 4 heterocycles. The van der Waals surface area contributed by atoms with Gasteiger partial charge >= 0.3 is 11.9 Å². The number of sulfonamides is 1. The van der Waals surface area contributed by atoms with Gasteiger partial charge in [-0.25, -0.2) is 18.4 Å². The maximum Gasteiger partial charge on any atom is 0.323 e. The molecule has 0 spiro atoms. The van der Waals surface area contributed by atoms with Gasteiger partial charge in [0, 0.05) is 112 Å². The number of aryl methyl sites for hydroxylation is 8. The first-order chi connectivity index (χ1) is 52.6. The van der Waals surface area contributed by atoms with Gasteiger partial charge in [0.05, 0.1) is 38.6 Å². The number of carboxylic acid groups (broad SMARTS) is 2. The van der Waals surface area contributed by atoms with E-state index in [1.54, 1.807) is 69.6 Å². The minimum Gasteiger partial charge on any atom is -0.768 e. The lowest BCUT2D eigenvalue weighted by atomic mass is 10.1. The van der Waals surface area contributed by atoms with E-state index < -0.39 is 174 Å². The van der Waals surface area contributed by atoms with Crippen molar-refractivity contribution in [3.63, 3.8) is 0 Å². The molecule has 4 aromatic carbocycles. The third-order valence-corrected chi connectivity index (χ3v) is 21.3. The highest BCUT2D eigenvalue weighted by molar-refractivity contribution is 8.19. The number of rotatable bonds is 38. The predicted molar refractivity (Wildman–Crippen MR) is 412 cm³/mol. The number of aromatic nitrogens is 6. The monoisotopic (exact) mass is 1630 g/mol. The van der Waals surface area contributed by atoms with Gasteiger partial charge in [0.1, 0.15) is 41.0 Å². The molecule has 0 fully saturated rings. The lowest BCUT2D eigenvalue weighted by Crippen LogP contribution is -2.54. The highest BCUT2D eigenvalue weighted by Gasteiger charge is 2.33. The van der Waals surface area contributed by atoms with E-state index in [4.69, 9.17) is 11.5 Å². The van der Waals surface area contributed by atoms with Crippen LogP contribution in [0.15, 0.2) is 117 Å². The third kappa shape index (κ3) is 25.6. The number of aromatic amines is 2. The van der Waals surface area contributed by atoms with Crippen molar-refractivity contribution in [2.24, 2.45) is 11.5 Å². The molecule has 0 aliphatic rings. The van der Waals surface area contributed by atoms with Crippen molar-refractivity contribution >= 4 is 123 Å². The minimum atomic E-state index is -5.01. The minimum absolute atomic E-state index is 0.00506. The molecule has 43 heteroatoms. The van der Waals surface area contributed by atoms with Crippen molar-refractivity contribution < 1.29 is 92.4 Å². The predicted octanol–water partition coefficient (Wildman–Crippen LogP) is 0.966. The fraction of sp³-hybridized carbons (Fsp3) is 0.362. The molecule has 21 N–H and O–H groups in total. The molecule has 0 saturated carbocycles. The summed E-state index contributed by atoms with van der Waals surface area (Å²) in [5.41, 5.74) is 15.4. The molecular weight excluding hydrogens is 1550 g/mol. The standard InChI is InChI=1S/C60H77N17O20S3.C9H12O2S/c1-32-20-33(2)51(34(3)21-32)100(96,97)75-43(58(88)89)27-70-53(82)40-29-77(47-23-36(7-9-38(47)50(40)80)25-72-60-67-16-17-68-60)19-5-13-64-56(85)45(31-99(93,94)95)74-54(83)41(61)10-11-48(78)73-44(30-98(90,91)92)55(84)63-12-4-18-76-28-39(52(81)69-26-42(62)57(86)87)49(79)37-8-6-35(22-46(37)76)24-71-59-65-14-15-66-59;1-6-4-7(2)9(12(10)11)8(3)5-6/h6-9,14-17,20-23,28-29,41-45,75,90-92H,4-5,10-13,18-19,24-27,30-31,61-62H2,1-3H3,(H,63,84)(H,64,85)(H,69,81)(H,70,82)(H,73,78)(H,74,83)(H,86,87)(H,88,89)(H2,65,66,71)(H2,67,68,72)(H,93,94,95);4-5H,1-3H3,(H,10,11)/p-1/t41-,42-,43-,44-,45-;/m0./s1. The van der Waals surface area contributed by atoms with Crippen molar-refractivity contribution in [1.82, 2.24) is 65.7 Å². The number of carbonyl (C=O) groups is 8. The number of carboxylic acids is 2. The Kier molecular flexibility index (Phi) is 31.1. The summed E-state index contributed by atoms with van der Waals surface area (Å²) < 4.78 is 118. The van der Waals surface area contributed by atoms with Crippen LogP contribution in [0.2, 0.25) is 0 Å². The van der Waals surface area contributed by atoms with E-state index in [9.17, 15) is 102 Å². The number of fused-ring (bicyclic) bond motifs is 2. The molecule has 4 aromatic heterocycles. The van der Waals surface area contributed by atoms with Crippen molar-refractivity contribution in [3.8, 4) is 0 Å². The van der Waals surface area contributed by atoms with Crippen LogP contribution in [0.4, 0.5) is 11.9 Å². The third-order valence-electron chi connectivity index (χ3n) is 17.0. The number of anilines is 2. The summed E-state index contributed by atoms with van der Waals surface area (Å²) in [4.78, 5) is 146. The van der Waals surface area contributed by atoms with Gasteiger partial charge in [-0.3, -0.25) is 56.7 Å². The molecule has 0 saturated heterocycles. The number of nitrogens with one attached hydrogen (secondary N) is 11. The molecule has 0 aliphatic carbocycles. The summed E-state index contributed by atoms with van der Waals surface area (Å²) in [5, 5.41) is 39.5. The number of aliphatic carboxylic acids is 2. The van der Waals surface area contributed by atoms with Gasteiger partial charge in [-0.1, -0.05) is 47.5 Å². The van der Waals surface area contributed by atoms with Gasteiger partial charge < -0.3 is 102 Å². The number of nitrogens with zero attached hydrogens (tertiary/aromatic N) is 4. The average Bonchev–Trinajstić information content (AvgIpc) is 0.815. The van der Waals surface area contributed by atoms with E-state index in [0.29, 0.717) is 44.6 Å². The SMILES string of the molecule is Cc1cc(C)c(S(=O)(=O)N[C@@H](CNC(=O)c2cn(CCCNC(=O)[C@H](CS(=O)(=O)O)NC(=O)[C@@H](N)CCC(=O)N[C@@H](CS(O)(O)O)C(=O)NCCCn3cc(C(=O)NC[C@H](N)C(=O)O)c(=O)c4ccc(CNc5ncc[nH]5)cc43)c3cc(CNc4ncc[nH]4)ccc3c2=O)C(=O)O)c(C)c1.Cc1cc(C)c(S(=O)[O-])c(C)c1. The van der Waals surface area contributed by atoms with E-state index in [1.807, 2.05) is 32.9 Å². The Labute approximate surface area is 645 Å². The number of hydrogen-bond acceptors (Lipinski definition) is 25. The molecule has 0 bridgehead atoms. The molecule has 8 aromatic rings. The summed E-state index contributed by atoms with van der Waals surface area (Å²) in [5.74, 6) is -11.0. The average molecular weight is 1640 g/mol. The zero-order chi connectivity index (χ0) is 82.7. The van der Waals surface area contributed by atoms with Crippen molar-refractivity contribution in [2.45, 2.75) is 133 Å². The second kappa shape index (κ2) is 39.4. The molecule has 606 valence electrons. The second-order valence-corrected chi connectivity index (χ2v) is 31.8. The fourth-order valence-electron chi connectivity index (χ4n) is 11.9. The number of carbonyl (C=O) groups excluding carboxylic acids is 6. The highest BCUT2D eigenvalue weighted by atomic mass is 32.3. The van der Waals surface area contributed by atoms with Crippen molar-refractivity contribution in [1.29, 1.82) is 0 Å². The zero-order valence-electron chi connectivity index (χ0n) is 61.3. The van der Waals surface area contributed by atoms with Crippen molar-refractivity contribution in [3.05, 3.63) is 174 Å². The number of hydrogen-bond donors (Lipinski definition) is 19. The Morgan fingerprint density at radius 3 is 1.46 bits per heavy atom. The highest BCUT2D eigenvalue weighted by Crippen LogP contribution is 2.33. The van der Waals surface area contributed by atoms with Gasteiger partial charge in [0.15, 0.2) is 11.9 Å². The van der Waals surface area contributed by atoms with Crippen molar-refractivity contribution in [2.75, 3.05) is 48.3 Å². The smallest absolute Gasteiger partial charge is 0.323 e. The number of amides is 6. The molecule has 112 heavy (non-hydrogen) atoms. The van der Waals surface area contributed by atoms with Gasteiger partial charge in [0.25, 0.3) is 21.9 Å². The summed E-state index contributed by atoms with van der Waals surface area (Å²) in [6.07, 6.45) is 7.44. The first-order valence-corrected chi connectivity index (χ1v) is 40.1. The lowest BCUT2D eigenvalue weighted by Gasteiger charge is -2.26. The Bertz CT molecular complexity index is 5150. The molecule has 39 nitrogen and oxygen atoms in total. The summed E-state index contributed by atoms with van der Waals surface area (Å²) >= 11 is -2.11. The Morgan fingerprint density at radius 2 is 1.04 bits per heavy atom. The normalized spacial score (nSPS) is 13.4. The number of imidazole rings is 2. The van der Waals surface area contributed by atoms with Crippen LogP contribution in [-0.2, 0) is 86.2 Å². The molecule has 6 amide bonds. The lowest BCUT2D eigenvalue weighted by molar-refractivity contribution is -0.139. The molecule has 0 radical (unpaired) electrons. The van der Waals surface area contributed by atoms with E-state index in [1.165, 1.54) is 46.1 Å². The molecule has 6 atom stereocenters. The van der Waals surface area contributed by atoms with Crippen LogP contribution in [0.5, 0.6) is 0 Å². The van der Waals surface area contributed by atoms with Crippen LogP contribution >= 0.6 is 10.9 Å². The van der Waals surface area contributed by atoms with Crippen LogP contribution < -0.4 is 69.6 Å². The van der Waals surface area contributed by atoms with Gasteiger partial charge in [-0.05, 0) is 130 Å².